The van der Waals surface area contributed by atoms with E-state index in [1.54, 1.807) is 0 Å². The van der Waals surface area contributed by atoms with Crippen LogP contribution in [0.5, 0.6) is 0 Å². The van der Waals surface area contributed by atoms with E-state index < -0.39 is 0 Å². The Balaban J connectivity index is 1.68. The minimum absolute atomic E-state index is 0.250. The van der Waals surface area contributed by atoms with Crippen molar-refractivity contribution in [2.75, 3.05) is 6.54 Å². The maximum Gasteiger partial charge on any atom is 0.226 e. The topological polar surface area (TPSA) is 49.5 Å². The lowest BCUT2D eigenvalue weighted by Crippen LogP contribution is -2.40. The van der Waals surface area contributed by atoms with Crippen molar-refractivity contribution in [3.8, 4) is 11.5 Å². The van der Waals surface area contributed by atoms with Crippen molar-refractivity contribution in [1.29, 1.82) is 0 Å². The fourth-order valence-electron chi connectivity index (χ4n) is 3.22. The van der Waals surface area contributed by atoms with Gasteiger partial charge in [-0.25, -0.2) is 4.98 Å². The van der Waals surface area contributed by atoms with Gasteiger partial charge in [-0.15, -0.1) is 0 Å². The summed E-state index contributed by atoms with van der Waals surface area (Å²) in [5, 5.41) is 9.68. The molecule has 2 aromatic rings. The van der Waals surface area contributed by atoms with Crippen LogP contribution in [0.3, 0.4) is 0 Å². The third-order valence-corrected chi connectivity index (χ3v) is 4.30. The smallest absolute Gasteiger partial charge is 0.226 e. The largest absolute Gasteiger partial charge is 0.440 e. The number of nitrogens with zero attached hydrogens (tertiary/aromatic N) is 2. The van der Waals surface area contributed by atoms with Gasteiger partial charge in [-0.05, 0) is 44.9 Å². The summed E-state index contributed by atoms with van der Waals surface area (Å²) in [6, 6.07) is 10.4. The molecule has 0 amide bonds. The van der Waals surface area contributed by atoms with Crippen LogP contribution in [-0.4, -0.2) is 33.7 Å². The summed E-state index contributed by atoms with van der Waals surface area (Å²) >= 11 is 0. The molecular formula is C18H24N2O2. The number of likely N-dealkylation sites (tertiary alicyclic amines) is 1. The lowest BCUT2D eigenvalue weighted by molar-refractivity contribution is 0.0770. The first-order valence-corrected chi connectivity index (χ1v) is 8.14. The van der Waals surface area contributed by atoms with Crippen LogP contribution in [0.4, 0.5) is 0 Å². The minimum Gasteiger partial charge on any atom is -0.440 e. The van der Waals surface area contributed by atoms with Crippen molar-refractivity contribution in [3.63, 3.8) is 0 Å². The third-order valence-electron chi connectivity index (χ3n) is 4.30. The highest BCUT2D eigenvalue weighted by Crippen LogP contribution is 2.25. The van der Waals surface area contributed by atoms with Gasteiger partial charge in [0.2, 0.25) is 5.89 Å². The van der Waals surface area contributed by atoms with Crippen LogP contribution >= 0.6 is 0 Å². The Morgan fingerprint density at radius 2 is 2.14 bits per heavy atom. The Kier molecular flexibility index (Phi) is 4.90. The van der Waals surface area contributed by atoms with Gasteiger partial charge in [0, 0.05) is 11.6 Å². The first-order valence-electron chi connectivity index (χ1n) is 8.14. The molecule has 1 N–H and O–H groups in total. The molecule has 0 saturated carbocycles. The normalized spacial score (nSPS) is 20.9. The molecule has 1 aromatic heterocycles. The number of aliphatic hydroxyl groups is 1. The van der Waals surface area contributed by atoms with Crippen molar-refractivity contribution in [2.24, 2.45) is 0 Å². The molecule has 1 saturated heterocycles. The lowest BCUT2D eigenvalue weighted by atomic mass is 9.97. The van der Waals surface area contributed by atoms with Crippen molar-refractivity contribution in [3.05, 3.63) is 42.3 Å². The van der Waals surface area contributed by atoms with Crippen LogP contribution in [0.25, 0.3) is 11.5 Å². The summed E-state index contributed by atoms with van der Waals surface area (Å²) in [6.07, 6.45) is 6.04. The monoisotopic (exact) mass is 300 g/mol. The summed E-state index contributed by atoms with van der Waals surface area (Å²) in [5.41, 5.74) is 1.01. The Hall–Kier alpha value is -1.65. The second-order valence-electron chi connectivity index (χ2n) is 6.20. The second-order valence-corrected chi connectivity index (χ2v) is 6.20. The van der Waals surface area contributed by atoms with Crippen LogP contribution in [0, 0.1) is 0 Å². The fourth-order valence-corrected chi connectivity index (χ4v) is 3.22. The van der Waals surface area contributed by atoms with Gasteiger partial charge in [0.1, 0.15) is 5.76 Å². The molecule has 2 unspecified atom stereocenters. The van der Waals surface area contributed by atoms with Crippen LogP contribution in [0.2, 0.25) is 0 Å². The molecule has 1 aliphatic heterocycles. The van der Waals surface area contributed by atoms with E-state index in [1.807, 2.05) is 43.5 Å². The van der Waals surface area contributed by atoms with Gasteiger partial charge in [-0.1, -0.05) is 24.6 Å². The van der Waals surface area contributed by atoms with Gasteiger partial charge in [0.05, 0.1) is 18.8 Å². The molecule has 4 nitrogen and oxygen atoms in total. The standard InChI is InChI=1S/C18H24N2O2/c1-14(21)11-16-9-5-6-10-20(16)13-17-12-19-18(22-17)15-7-3-2-4-8-15/h2-4,7-8,12,14,16,21H,5-6,9-11,13H2,1H3. The van der Waals surface area contributed by atoms with Crippen molar-refractivity contribution in [1.82, 2.24) is 9.88 Å². The molecule has 22 heavy (non-hydrogen) atoms. The summed E-state index contributed by atoms with van der Waals surface area (Å²) in [7, 11) is 0. The van der Waals surface area contributed by atoms with Crippen LogP contribution in [0.1, 0.15) is 38.4 Å². The Morgan fingerprint density at radius 3 is 2.91 bits per heavy atom. The van der Waals surface area contributed by atoms with Gasteiger partial charge in [-0.2, -0.15) is 0 Å². The molecule has 0 aliphatic carbocycles. The van der Waals surface area contributed by atoms with Crippen molar-refractivity contribution >= 4 is 0 Å². The molecule has 1 aromatic carbocycles. The molecule has 2 heterocycles. The van der Waals surface area contributed by atoms with E-state index in [2.05, 4.69) is 9.88 Å². The molecule has 0 radical (unpaired) electrons. The Morgan fingerprint density at radius 1 is 1.32 bits per heavy atom. The predicted octanol–water partition coefficient (Wildman–Crippen LogP) is 3.47. The number of piperidine rings is 1. The summed E-state index contributed by atoms with van der Waals surface area (Å²) in [6.45, 7) is 3.71. The van der Waals surface area contributed by atoms with Gasteiger partial charge < -0.3 is 9.52 Å². The molecule has 1 fully saturated rings. The van der Waals surface area contributed by atoms with Gasteiger partial charge in [-0.3, -0.25) is 4.90 Å². The van der Waals surface area contributed by atoms with Crippen LogP contribution in [0.15, 0.2) is 40.9 Å². The number of oxazole rings is 1. The van der Waals surface area contributed by atoms with Gasteiger partial charge >= 0.3 is 0 Å². The zero-order chi connectivity index (χ0) is 15.4. The Labute approximate surface area is 131 Å². The minimum atomic E-state index is -0.250. The van der Waals surface area contributed by atoms with Crippen molar-refractivity contribution in [2.45, 2.75) is 51.3 Å². The highest BCUT2D eigenvalue weighted by Gasteiger charge is 2.24. The molecule has 1 aliphatic rings. The SMILES string of the molecule is CC(O)CC1CCCCN1Cc1cnc(-c2ccccc2)o1. The van der Waals surface area contributed by atoms with Crippen molar-refractivity contribution < 1.29 is 9.52 Å². The molecule has 118 valence electrons. The van der Waals surface area contributed by atoms with E-state index in [0.29, 0.717) is 11.9 Å². The maximum absolute atomic E-state index is 9.68. The molecule has 3 rings (SSSR count). The Bertz CT molecular complexity index is 580. The number of aliphatic hydroxyl groups excluding tert-OH is 1. The third kappa shape index (κ3) is 3.76. The molecule has 0 spiro atoms. The molecule has 0 bridgehead atoms. The molecule has 4 heteroatoms. The molecule has 2 atom stereocenters. The number of hydrogen-bond donors (Lipinski definition) is 1. The average molecular weight is 300 g/mol. The lowest BCUT2D eigenvalue weighted by Gasteiger charge is -2.35. The van der Waals surface area contributed by atoms with E-state index in [9.17, 15) is 5.11 Å². The highest BCUT2D eigenvalue weighted by atomic mass is 16.4. The number of hydrogen-bond acceptors (Lipinski definition) is 4. The first kappa shape index (κ1) is 15.3. The number of benzene rings is 1. The summed E-state index contributed by atoms with van der Waals surface area (Å²) in [5.74, 6) is 1.58. The summed E-state index contributed by atoms with van der Waals surface area (Å²) < 4.78 is 5.91. The number of rotatable bonds is 5. The first-order chi connectivity index (χ1) is 10.7. The maximum atomic E-state index is 9.68. The summed E-state index contributed by atoms with van der Waals surface area (Å²) in [4.78, 5) is 6.82. The van der Waals surface area contributed by atoms with Gasteiger partial charge in [0.15, 0.2) is 0 Å². The van der Waals surface area contributed by atoms with E-state index in [0.717, 1.165) is 37.3 Å². The highest BCUT2D eigenvalue weighted by molar-refractivity contribution is 5.52. The van der Waals surface area contributed by atoms with Gasteiger partial charge in [0.25, 0.3) is 0 Å². The number of aromatic nitrogens is 1. The van der Waals surface area contributed by atoms with E-state index in [4.69, 9.17) is 4.42 Å². The van der Waals surface area contributed by atoms with E-state index >= 15 is 0 Å². The van der Waals surface area contributed by atoms with E-state index in [-0.39, 0.29) is 6.10 Å². The quantitative estimate of drug-likeness (QED) is 0.918. The average Bonchev–Trinajstić information content (AvgIpc) is 2.98. The fraction of sp³-hybridized carbons (Fsp3) is 0.500. The predicted molar refractivity (Wildman–Crippen MR) is 86.3 cm³/mol. The zero-order valence-corrected chi connectivity index (χ0v) is 13.1. The second kappa shape index (κ2) is 7.07. The molecular weight excluding hydrogens is 276 g/mol. The van der Waals surface area contributed by atoms with E-state index in [1.165, 1.54) is 12.8 Å². The van der Waals surface area contributed by atoms with Crippen LogP contribution in [-0.2, 0) is 6.54 Å². The zero-order valence-electron chi connectivity index (χ0n) is 13.1. The van der Waals surface area contributed by atoms with Crippen LogP contribution < -0.4 is 0 Å².